The Hall–Kier alpha value is -0.960. The standard InChI is InChI=1S/C13H19F2N/c1-3-4-9(2)13(16)7-10-5-11(14)8-12(15)6-10/h5-6,8-9,13H,3-4,7,16H2,1-2H3. The summed E-state index contributed by atoms with van der Waals surface area (Å²) in [6.45, 7) is 4.18. The maximum Gasteiger partial charge on any atom is 0.126 e. The van der Waals surface area contributed by atoms with Crippen LogP contribution in [0.15, 0.2) is 18.2 Å². The van der Waals surface area contributed by atoms with E-state index in [0.29, 0.717) is 17.9 Å². The lowest BCUT2D eigenvalue weighted by atomic mass is 9.92. The Labute approximate surface area is 95.7 Å². The van der Waals surface area contributed by atoms with Crippen LogP contribution in [0.3, 0.4) is 0 Å². The van der Waals surface area contributed by atoms with Gasteiger partial charge in [0.05, 0.1) is 0 Å². The van der Waals surface area contributed by atoms with E-state index < -0.39 is 11.6 Å². The van der Waals surface area contributed by atoms with Crippen LogP contribution in [-0.4, -0.2) is 6.04 Å². The molecule has 1 nitrogen and oxygen atoms in total. The summed E-state index contributed by atoms with van der Waals surface area (Å²) in [6.07, 6.45) is 2.64. The van der Waals surface area contributed by atoms with Crippen molar-refractivity contribution in [2.75, 3.05) is 0 Å². The summed E-state index contributed by atoms with van der Waals surface area (Å²) in [6, 6.07) is 3.54. The van der Waals surface area contributed by atoms with Gasteiger partial charge in [-0.2, -0.15) is 0 Å². The highest BCUT2D eigenvalue weighted by Crippen LogP contribution is 2.15. The first-order chi connectivity index (χ1) is 7.52. The van der Waals surface area contributed by atoms with Gasteiger partial charge >= 0.3 is 0 Å². The highest BCUT2D eigenvalue weighted by Gasteiger charge is 2.13. The molecule has 1 aromatic rings. The quantitative estimate of drug-likeness (QED) is 0.820. The molecule has 0 aromatic heterocycles. The molecule has 0 spiro atoms. The summed E-state index contributed by atoms with van der Waals surface area (Å²) < 4.78 is 25.9. The SMILES string of the molecule is CCCC(C)C(N)Cc1cc(F)cc(F)c1. The third-order valence-electron chi connectivity index (χ3n) is 2.87. The van der Waals surface area contributed by atoms with E-state index in [2.05, 4.69) is 13.8 Å². The number of rotatable bonds is 5. The minimum atomic E-state index is -0.537. The Bertz CT molecular complexity index is 318. The molecule has 2 atom stereocenters. The lowest BCUT2D eigenvalue weighted by Gasteiger charge is -2.19. The molecule has 2 N–H and O–H groups in total. The molecule has 1 aromatic carbocycles. The summed E-state index contributed by atoms with van der Waals surface area (Å²) in [4.78, 5) is 0. The smallest absolute Gasteiger partial charge is 0.126 e. The van der Waals surface area contributed by atoms with Gasteiger partial charge in [-0.1, -0.05) is 20.3 Å². The summed E-state index contributed by atoms with van der Waals surface area (Å²) in [5, 5.41) is 0. The van der Waals surface area contributed by atoms with Gasteiger partial charge in [-0.05, 0) is 36.5 Å². The summed E-state index contributed by atoms with van der Waals surface area (Å²) in [7, 11) is 0. The van der Waals surface area contributed by atoms with E-state index in [4.69, 9.17) is 5.73 Å². The molecule has 0 saturated heterocycles. The minimum Gasteiger partial charge on any atom is -0.327 e. The second kappa shape index (κ2) is 5.94. The topological polar surface area (TPSA) is 26.0 Å². The first-order valence-corrected chi connectivity index (χ1v) is 5.73. The van der Waals surface area contributed by atoms with Gasteiger partial charge in [0.1, 0.15) is 11.6 Å². The summed E-state index contributed by atoms with van der Waals surface area (Å²) >= 11 is 0. The van der Waals surface area contributed by atoms with E-state index in [9.17, 15) is 8.78 Å². The molecule has 2 unspecified atom stereocenters. The van der Waals surface area contributed by atoms with Gasteiger partial charge in [0.15, 0.2) is 0 Å². The second-order valence-corrected chi connectivity index (χ2v) is 4.41. The van der Waals surface area contributed by atoms with Crippen molar-refractivity contribution in [3.8, 4) is 0 Å². The fourth-order valence-corrected chi connectivity index (χ4v) is 1.87. The van der Waals surface area contributed by atoms with Crippen molar-refractivity contribution in [2.24, 2.45) is 11.7 Å². The van der Waals surface area contributed by atoms with Gasteiger partial charge in [-0.15, -0.1) is 0 Å². The number of nitrogens with two attached hydrogens (primary N) is 1. The Morgan fingerprint density at radius 1 is 1.19 bits per heavy atom. The molecule has 0 radical (unpaired) electrons. The van der Waals surface area contributed by atoms with E-state index in [1.54, 1.807) is 0 Å². The third kappa shape index (κ3) is 3.89. The maximum atomic E-state index is 12.9. The number of hydrogen-bond acceptors (Lipinski definition) is 1. The van der Waals surface area contributed by atoms with Gasteiger partial charge in [-0.25, -0.2) is 8.78 Å². The van der Waals surface area contributed by atoms with Gasteiger partial charge in [-0.3, -0.25) is 0 Å². The molecular formula is C13H19F2N. The zero-order chi connectivity index (χ0) is 12.1. The van der Waals surface area contributed by atoms with E-state index in [-0.39, 0.29) is 6.04 Å². The normalized spacial score (nSPS) is 14.8. The Morgan fingerprint density at radius 2 is 1.75 bits per heavy atom. The van der Waals surface area contributed by atoms with E-state index in [0.717, 1.165) is 18.9 Å². The van der Waals surface area contributed by atoms with Crippen LogP contribution in [0.2, 0.25) is 0 Å². The molecule has 1 rings (SSSR count). The summed E-state index contributed by atoms with van der Waals surface area (Å²) in [5.74, 6) is -0.702. The van der Waals surface area contributed by atoms with E-state index >= 15 is 0 Å². The molecule has 0 aliphatic heterocycles. The molecule has 0 saturated carbocycles. The maximum absolute atomic E-state index is 12.9. The van der Waals surface area contributed by atoms with E-state index in [1.807, 2.05) is 0 Å². The largest absolute Gasteiger partial charge is 0.327 e. The first-order valence-electron chi connectivity index (χ1n) is 5.73. The number of halogens is 2. The van der Waals surface area contributed by atoms with Crippen LogP contribution >= 0.6 is 0 Å². The van der Waals surface area contributed by atoms with Crippen LogP contribution in [0.4, 0.5) is 8.78 Å². The average Bonchev–Trinajstić information content (AvgIpc) is 2.16. The Morgan fingerprint density at radius 3 is 2.25 bits per heavy atom. The highest BCUT2D eigenvalue weighted by molar-refractivity contribution is 5.19. The van der Waals surface area contributed by atoms with Crippen molar-refractivity contribution in [3.05, 3.63) is 35.4 Å². The lowest BCUT2D eigenvalue weighted by Crippen LogP contribution is -2.30. The zero-order valence-electron chi connectivity index (χ0n) is 9.84. The van der Waals surface area contributed by atoms with Gasteiger partial charge in [0.2, 0.25) is 0 Å². The van der Waals surface area contributed by atoms with Crippen LogP contribution in [0, 0.1) is 17.6 Å². The monoisotopic (exact) mass is 227 g/mol. The van der Waals surface area contributed by atoms with Gasteiger partial charge < -0.3 is 5.73 Å². The molecule has 0 heterocycles. The number of benzene rings is 1. The van der Waals surface area contributed by atoms with E-state index in [1.165, 1.54) is 12.1 Å². The van der Waals surface area contributed by atoms with Crippen molar-refractivity contribution in [1.29, 1.82) is 0 Å². The predicted molar refractivity (Wildman–Crippen MR) is 62.1 cm³/mol. The van der Waals surface area contributed by atoms with Gasteiger partial charge in [0.25, 0.3) is 0 Å². The molecule has 0 bridgehead atoms. The third-order valence-corrected chi connectivity index (χ3v) is 2.87. The molecule has 0 amide bonds. The molecule has 3 heteroatoms. The van der Waals surface area contributed by atoms with Crippen LogP contribution in [-0.2, 0) is 6.42 Å². The van der Waals surface area contributed by atoms with Crippen LogP contribution < -0.4 is 5.73 Å². The summed E-state index contributed by atoms with van der Waals surface area (Å²) in [5.41, 5.74) is 6.62. The lowest BCUT2D eigenvalue weighted by molar-refractivity contribution is 0.418. The molecule has 0 aliphatic carbocycles. The van der Waals surface area contributed by atoms with Crippen molar-refractivity contribution in [3.63, 3.8) is 0 Å². The molecule has 0 aliphatic rings. The predicted octanol–water partition coefficient (Wildman–Crippen LogP) is 3.27. The van der Waals surface area contributed by atoms with Crippen molar-refractivity contribution >= 4 is 0 Å². The van der Waals surface area contributed by atoms with Crippen LogP contribution in [0.1, 0.15) is 32.3 Å². The number of hydrogen-bond donors (Lipinski definition) is 1. The fourth-order valence-electron chi connectivity index (χ4n) is 1.87. The Kier molecular flexibility index (Phi) is 4.87. The molecule has 90 valence electrons. The Balaban J connectivity index is 2.65. The molecule has 16 heavy (non-hydrogen) atoms. The molecule has 0 fully saturated rings. The average molecular weight is 227 g/mol. The second-order valence-electron chi connectivity index (χ2n) is 4.41. The van der Waals surface area contributed by atoms with Crippen molar-refractivity contribution in [2.45, 2.75) is 39.2 Å². The zero-order valence-corrected chi connectivity index (χ0v) is 9.84. The van der Waals surface area contributed by atoms with Crippen molar-refractivity contribution < 1.29 is 8.78 Å². The first kappa shape index (κ1) is 13.1. The van der Waals surface area contributed by atoms with Crippen LogP contribution in [0.25, 0.3) is 0 Å². The van der Waals surface area contributed by atoms with Crippen LogP contribution in [0.5, 0.6) is 0 Å². The molecular weight excluding hydrogens is 208 g/mol. The highest BCUT2D eigenvalue weighted by atomic mass is 19.1. The van der Waals surface area contributed by atoms with Crippen molar-refractivity contribution in [1.82, 2.24) is 0 Å². The minimum absolute atomic E-state index is 0.0406. The fraction of sp³-hybridized carbons (Fsp3) is 0.538. The van der Waals surface area contributed by atoms with Gasteiger partial charge in [0, 0.05) is 12.1 Å².